The van der Waals surface area contributed by atoms with Gasteiger partial charge in [0.1, 0.15) is 0 Å². The normalized spacial score (nSPS) is 9.70. The van der Waals surface area contributed by atoms with Crippen molar-refractivity contribution >= 4 is 22.6 Å². The Bertz CT molecular complexity index is 176. The maximum Gasteiger partial charge on any atom is 0.0482 e. The number of halogens is 1. The average molecular weight is 248 g/mol. The number of alkyl halides is 1. The van der Waals surface area contributed by atoms with Crippen LogP contribution in [0.3, 0.4) is 0 Å². The minimum absolute atomic E-state index is 0.913. The molecule has 1 heterocycles. The maximum atomic E-state index is 4.00. The lowest BCUT2D eigenvalue weighted by Crippen LogP contribution is -2.09. The molecule has 0 radical (unpaired) electrons. The number of aromatic nitrogens is 1. The Morgan fingerprint density at radius 1 is 1.60 bits per heavy atom. The largest absolute Gasteiger partial charge is 0.304 e. The van der Waals surface area contributed by atoms with Crippen LogP contribution >= 0.6 is 22.6 Å². The minimum Gasteiger partial charge on any atom is -0.304 e. The molecule has 0 bridgehead atoms. The number of hydrogen-bond acceptors (Lipinski definition) is 2. The summed E-state index contributed by atoms with van der Waals surface area (Å²) in [6.07, 6.45) is 3.66. The topological polar surface area (TPSA) is 24.9 Å². The van der Waals surface area contributed by atoms with Crippen molar-refractivity contribution in [2.75, 3.05) is 4.55 Å². The van der Waals surface area contributed by atoms with Crippen LogP contribution in [0.15, 0.2) is 24.5 Å². The predicted octanol–water partition coefficient (Wildman–Crippen LogP) is 1.56. The Hall–Kier alpha value is -0.160. The zero-order chi connectivity index (χ0) is 7.23. The van der Waals surface area contributed by atoms with Gasteiger partial charge in [-0.3, -0.25) is 4.98 Å². The highest BCUT2D eigenvalue weighted by Crippen LogP contribution is 1.93. The summed E-state index contributed by atoms with van der Waals surface area (Å²) in [5, 5.41) is 3.21. The van der Waals surface area contributed by atoms with Gasteiger partial charge in [0.15, 0.2) is 0 Å². The Balaban J connectivity index is 2.43. The summed E-state index contributed by atoms with van der Waals surface area (Å²) in [7, 11) is 0. The molecular weight excluding hydrogens is 239 g/mol. The summed E-state index contributed by atoms with van der Waals surface area (Å²) in [5.41, 5.74) is 1.24. The van der Waals surface area contributed by atoms with Crippen molar-refractivity contribution in [3.8, 4) is 0 Å². The second-order valence-corrected chi connectivity index (χ2v) is 2.68. The average Bonchev–Trinajstić information content (AvgIpc) is 2.03. The third-order valence-corrected chi connectivity index (χ3v) is 1.69. The predicted molar refractivity (Wildman–Crippen MR) is 50.0 cm³/mol. The molecule has 2 nitrogen and oxygen atoms in total. The van der Waals surface area contributed by atoms with Gasteiger partial charge in [0.25, 0.3) is 0 Å². The van der Waals surface area contributed by atoms with Crippen molar-refractivity contribution in [1.82, 2.24) is 10.3 Å². The third kappa shape index (κ3) is 2.62. The molecule has 3 heteroatoms. The van der Waals surface area contributed by atoms with E-state index in [0.29, 0.717) is 0 Å². The first-order chi connectivity index (χ1) is 4.93. The zero-order valence-corrected chi connectivity index (χ0v) is 7.71. The number of pyridine rings is 1. The Labute approximate surface area is 74.2 Å². The third-order valence-electron chi connectivity index (χ3n) is 1.15. The molecule has 0 fully saturated rings. The second kappa shape index (κ2) is 4.62. The number of rotatable bonds is 3. The van der Waals surface area contributed by atoms with Gasteiger partial charge in [-0.25, -0.2) is 0 Å². The summed E-state index contributed by atoms with van der Waals surface area (Å²) in [4.78, 5) is 4.00. The van der Waals surface area contributed by atoms with Crippen LogP contribution in [0.25, 0.3) is 0 Å². The van der Waals surface area contributed by atoms with E-state index in [4.69, 9.17) is 0 Å². The molecule has 0 saturated carbocycles. The van der Waals surface area contributed by atoms with Gasteiger partial charge in [-0.05, 0) is 11.6 Å². The van der Waals surface area contributed by atoms with E-state index in [1.54, 1.807) is 6.20 Å². The summed E-state index contributed by atoms with van der Waals surface area (Å²) in [5.74, 6) is 0. The van der Waals surface area contributed by atoms with Crippen molar-refractivity contribution in [1.29, 1.82) is 0 Å². The van der Waals surface area contributed by atoms with Crippen molar-refractivity contribution in [2.24, 2.45) is 0 Å². The molecule has 0 aliphatic rings. The van der Waals surface area contributed by atoms with Crippen molar-refractivity contribution < 1.29 is 0 Å². The van der Waals surface area contributed by atoms with Crippen LogP contribution in [0.2, 0.25) is 0 Å². The molecule has 0 aliphatic heterocycles. The second-order valence-electron chi connectivity index (χ2n) is 1.92. The fourth-order valence-corrected chi connectivity index (χ4v) is 0.964. The van der Waals surface area contributed by atoms with Gasteiger partial charge in [-0.2, -0.15) is 0 Å². The first kappa shape index (κ1) is 7.94. The molecule has 0 saturated heterocycles. The number of hydrogen-bond donors (Lipinski definition) is 1. The lowest BCUT2D eigenvalue weighted by Gasteiger charge is -1.97. The van der Waals surface area contributed by atoms with Crippen LogP contribution in [-0.2, 0) is 6.54 Å². The van der Waals surface area contributed by atoms with E-state index in [0.717, 1.165) is 11.1 Å². The standard InChI is InChI=1S/C7H9IN2/c8-6-10-5-7-2-1-3-9-4-7/h1-4,10H,5-6H2. The highest BCUT2D eigenvalue weighted by molar-refractivity contribution is 14.1. The molecule has 1 N–H and O–H groups in total. The van der Waals surface area contributed by atoms with Gasteiger partial charge >= 0.3 is 0 Å². The first-order valence-corrected chi connectivity index (χ1v) is 4.61. The van der Waals surface area contributed by atoms with Crippen LogP contribution in [0.5, 0.6) is 0 Å². The van der Waals surface area contributed by atoms with Gasteiger partial charge in [0, 0.05) is 23.5 Å². The molecule has 0 aromatic carbocycles. The number of nitrogens with zero attached hydrogens (tertiary/aromatic N) is 1. The smallest absolute Gasteiger partial charge is 0.0482 e. The van der Waals surface area contributed by atoms with Crippen LogP contribution in [0.4, 0.5) is 0 Å². The molecule has 0 spiro atoms. The van der Waals surface area contributed by atoms with Crippen LogP contribution in [-0.4, -0.2) is 9.54 Å². The fourth-order valence-electron chi connectivity index (χ4n) is 0.694. The van der Waals surface area contributed by atoms with E-state index in [1.165, 1.54) is 5.56 Å². The first-order valence-electron chi connectivity index (χ1n) is 3.09. The zero-order valence-electron chi connectivity index (χ0n) is 5.55. The van der Waals surface area contributed by atoms with E-state index in [9.17, 15) is 0 Å². The highest BCUT2D eigenvalue weighted by atomic mass is 127. The molecule has 1 aromatic heterocycles. The summed E-state index contributed by atoms with van der Waals surface area (Å²) >= 11 is 2.28. The fraction of sp³-hybridized carbons (Fsp3) is 0.286. The molecule has 1 aromatic rings. The van der Waals surface area contributed by atoms with Crippen LogP contribution < -0.4 is 5.32 Å². The van der Waals surface area contributed by atoms with Gasteiger partial charge in [0.2, 0.25) is 0 Å². The Morgan fingerprint density at radius 3 is 3.10 bits per heavy atom. The SMILES string of the molecule is ICNCc1cccnc1. The summed E-state index contributed by atoms with van der Waals surface area (Å²) in [6.45, 7) is 0.913. The maximum absolute atomic E-state index is 4.00. The Morgan fingerprint density at radius 2 is 2.50 bits per heavy atom. The van der Waals surface area contributed by atoms with Gasteiger partial charge in [0.05, 0.1) is 0 Å². The van der Waals surface area contributed by atoms with E-state index in [-0.39, 0.29) is 0 Å². The lowest BCUT2D eigenvalue weighted by molar-refractivity contribution is 0.804. The molecule has 10 heavy (non-hydrogen) atoms. The van der Waals surface area contributed by atoms with E-state index in [1.807, 2.05) is 12.3 Å². The molecule has 0 amide bonds. The molecule has 0 unspecified atom stereocenters. The number of nitrogens with one attached hydrogen (secondary N) is 1. The van der Waals surface area contributed by atoms with Gasteiger partial charge < -0.3 is 5.32 Å². The van der Waals surface area contributed by atoms with Crippen LogP contribution in [0.1, 0.15) is 5.56 Å². The molecule has 0 atom stereocenters. The quantitative estimate of drug-likeness (QED) is 0.499. The molecule has 1 rings (SSSR count). The molecule has 0 aliphatic carbocycles. The minimum atomic E-state index is 0.913. The molecular formula is C7H9IN2. The van der Waals surface area contributed by atoms with E-state index in [2.05, 4.69) is 39.0 Å². The van der Waals surface area contributed by atoms with Crippen molar-refractivity contribution in [3.63, 3.8) is 0 Å². The van der Waals surface area contributed by atoms with Gasteiger partial charge in [-0.1, -0.05) is 28.7 Å². The summed E-state index contributed by atoms with van der Waals surface area (Å²) < 4.78 is 0.979. The summed E-state index contributed by atoms with van der Waals surface area (Å²) in [6, 6.07) is 4.01. The lowest BCUT2D eigenvalue weighted by atomic mass is 10.3. The van der Waals surface area contributed by atoms with Crippen molar-refractivity contribution in [2.45, 2.75) is 6.54 Å². The molecule has 54 valence electrons. The van der Waals surface area contributed by atoms with E-state index < -0.39 is 0 Å². The Kier molecular flexibility index (Phi) is 3.67. The van der Waals surface area contributed by atoms with E-state index >= 15 is 0 Å². The van der Waals surface area contributed by atoms with Crippen LogP contribution in [0, 0.1) is 0 Å². The van der Waals surface area contributed by atoms with Crippen molar-refractivity contribution in [3.05, 3.63) is 30.1 Å². The monoisotopic (exact) mass is 248 g/mol. The highest BCUT2D eigenvalue weighted by Gasteiger charge is 1.87. The van der Waals surface area contributed by atoms with Gasteiger partial charge in [-0.15, -0.1) is 0 Å².